The Morgan fingerprint density at radius 3 is 2.56 bits per heavy atom. The van der Waals surface area contributed by atoms with Crippen LogP contribution in [0.3, 0.4) is 0 Å². The summed E-state index contributed by atoms with van der Waals surface area (Å²) in [4.78, 5) is 12.1. The zero-order valence-electron chi connectivity index (χ0n) is 10.4. The van der Waals surface area contributed by atoms with Crippen LogP contribution in [0.4, 0.5) is 0 Å². The van der Waals surface area contributed by atoms with Gasteiger partial charge >= 0.3 is 0 Å². The van der Waals surface area contributed by atoms with Crippen molar-refractivity contribution in [2.75, 3.05) is 0 Å². The zero-order valence-corrected chi connectivity index (χ0v) is 11.3. The second-order valence-electron chi connectivity index (χ2n) is 4.27. The third kappa shape index (κ3) is 2.91. The molecule has 0 saturated heterocycles. The van der Waals surface area contributed by atoms with Gasteiger partial charge in [0.15, 0.2) is 0 Å². The Hall–Kier alpha value is -0.700. The summed E-state index contributed by atoms with van der Waals surface area (Å²) in [5.74, 6) is 0.527. The summed E-state index contributed by atoms with van der Waals surface area (Å²) in [6.45, 7) is 6.99. The number of nitrogens with zero attached hydrogens (tertiary/aromatic N) is 1. The SMILES string of the molecule is CCCCCn1c(C)cc(C)c(CS)c1=O. The number of unbranched alkanes of at least 4 members (excludes halogenated alkanes) is 2. The van der Waals surface area contributed by atoms with E-state index in [0.717, 1.165) is 29.8 Å². The molecule has 0 N–H and O–H groups in total. The van der Waals surface area contributed by atoms with Gasteiger partial charge in [0.2, 0.25) is 0 Å². The summed E-state index contributed by atoms with van der Waals surface area (Å²) >= 11 is 4.23. The van der Waals surface area contributed by atoms with Crippen molar-refractivity contribution in [2.24, 2.45) is 0 Å². The molecule has 0 saturated carbocycles. The van der Waals surface area contributed by atoms with Gasteiger partial charge in [-0.3, -0.25) is 4.79 Å². The summed E-state index contributed by atoms with van der Waals surface area (Å²) < 4.78 is 1.88. The summed E-state index contributed by atoms with van der Waals surface area (Å²) in [5, 5.41) is 0. The summed E-state index contributed by atoms with van der Waals surface area (Å²) in [6, 6.07) is 2.08. The largest absolute Gasteiger partial charge is 0.313 e. The third-order valence-electron chi connectivity index (χ3n) is 2.97. The molecular formula is C13H21NOS. The first-order valence-electron chi connectivity index (χ1n) is 5.92. The van der Waals surface area contributed by atoms with Crippen molar-refractivity contribution in [3.05, 3.63) is 33.2 Å². The number of aryl methyl sites for hydroxylation is 2. The minimum absolute atomic E-state index is 0.142. The van der Waals surface area contributed by atoms with Gasteiger partial charge < -0.3 is 4.57 Å². The maximum atomic E-state index is 12.1. The van der Waals surface area contributed by atoms with Crippen LogP contribution in [0.15, 0.2) is 10.9 Å². The molecule has 0 aliphatic heterocycles. The van der Waals surface area contributed by atoms with Gasteiger partial charge in [0.25, 0.3) is 5.56 Å². The van der Waals surface area contributed by atoms with E-state index in [1.54, 1.807) is 0 Å². The first kappa shape index (κ1) is 13.4. The zero-order chi connectivity index (χ0) is 12.1. The van der Waals surface area contributed by atoms with Crippen LogP contribution in [0.5, 0.6) is 0 Å². The van der Waals surface area contributed by atoms with Gasteiger partial charge in [-0.1, -0.05) is 19.8 Å². The fourth-order valence-electron chi connectivity index (χ4n) is 1.96. The fraction of sp³-hybridized carbons (Fsp3) is 0.615. The molecule has 2 nitrogen and oxygen atoms in total. The lowest BCUT2D eigenvalue weighted by molar-refractivity contribution is 0.573. The Bertz CT molecular complexity index is 409. The molecule has 0 fully saturated rings. The lowest BCUT2D eigenvalue weighted by atomic mass is 10.1. The Morgan fingerprint density at radius 2 is 2.00 bits per heavy atom. The van der Waals surface area contributed by atoms with E-state index in [0.29, 0.717) is 5.75 Å². The van der Waals surface area contributed by atoms with Crippen LogP contribution in [0, 0.1) is 13.8 Å². The lowest BCUT2D eigenvalue weighted by Gasteiger charge is -2.13. The molecule has 16 heavy (non-hydrogen) atoms. The number of pyridine rings is 1. The van der Waals surface area contributed by atoms with Crippen LogP contribution in [0.1, 0.15) is 43.0 Å². The first-order valence-corrected chi connectivity index (χ1v) is 6.55. The van der Waals surface area contributed by atoms with Crippen molar-refractivity contribution in [1.29, 1.82) is 0 Å². The monoisotopic (exact) mass is 239 g/mol. The second kappa shape index (κ2) is 6.14. The van der Waals surface area contributed by atoms with Crippen molar-refractivity contribution in [3.63, 3.8) is 0 Å². The smallest absolute Gasteiger partial charge is 0.255 e. The lowest BCUT2D eigenvalue weighted by Crippen LogP contribution is -2.26. The number of thiol groups is 1. The third-order valence-corrected chi connectivity index (χ3v) is 3.29. The Balaban J connectivity index is 3.04. The summed E-state index contributed by atoms with van der Waals surface area (Å²) in [5.41, 5.74) is 3.10. The first-order chi connectivity index (χ1) is 7.61. The number of aromatic nitrogens is 1. The van der Waals surface area contributed by atoms with Crippen LogP contribution in [0.2, 0.25) is 0 Å². The van der Waals surface area contributed by atoms with Gasteiger partial charge in [-0.15, -0.1) is 0 Å². The molecule has 0 aromatic carbocycles. The van der Waals surface area contributed by atoms with Crippen molar-refractivity contribution in [3.8, 4) is 0 Å². The number of hydrogen-bond donors (Lipinski definition) is 1. The maximum absolute atomic E-state index is 12.1. The van der Waals surface area contributed by atoms with E-state index < -0.39 is 0 Å². The minimum Gasteiger partial charge on any atom is -0.313 e. The van der Waals surface area contributed by atoms with Gasteiger partial charge in [0.05, 0.1) is 0 Å². The van der Waals surface area contributed by atoms with E-state index in [9.17, 15) is 4.79 Å². The Labute approximate surface area is 103 Å². The molecule has 0 unspecified atom stereocenters. The summed E-state index contributed by atoms with van der Waals surface area (Å²) in [6.07, 6.45) is 3.43. The minimum atomic E-state index is 0.142. The molecule has 0 bridgehead atoms. The molecule has 1 aromatic rings. The van der Waals surface area contributed by atoms with Crippen LogP contribution < -0.4 is 5.56 Å². The van der Waals surface area contributed by atoms with Crippen molar-refractivity contribution >= 4 is 12.6 Å². The van der Waals surface area contributed by atoms with Crippen LogP contribution in [-0.4, -0.2) is 4.57 Å². The quantitative estimate of drug-likeness (QED) is 0.619. The molecule has 0 spiro atoms. The normalized spacial score (nSPS) is 10.8. The van der Waals surface area contributed by atoms with Crippen LogP contribution >= 0.6 is 12.6 Å². The van der Waals surface area contributed by atoms with E-state index in [-0.39, 0.29) is 5.56 Å². The average Bonchev–Trinajstić information content (AvgIpc) is 2.23. The topological polar surface area (TPSA) is 22.0 Å². The van der Waals surface area contributed by atoms with E-state index in [1.807, 2.05) is 18.4 Å². The molecule has 0 aliphatic carbocycles. The molecule has 1 heterocycles. The highest BCUT2D eigenvalue weighted by Gasteiger charge is 2.08. The van der Waals surface area contributed by atoms with Crippen molar-refractivity contribution < 1.29 is 0 Å². The second-order valence-corrected chi connectivity index (χ2v) is 4.59. The van der Waals surface area contributed by atoms with E-state index in [1.165, 1.54) is 12.8 Å². The van der Waals surface area contributed by atoms with Crippen molar-refractivity contribution in [2.45, 2.75) is 52.3 Å². The van der Waals surface area contributed by atoms with Crippen LogP contribution in [-0.2, 0) is 12.3 Å². The van der Waals surface area contributed by atoms with E-state index in [4.69, 9.17) is 0 Å². The van der Waals surface area contributed by atoms with Gasteiger partial charge in [0, 0.05) is 23.6 Å². The molecule has 1 rings (SSSR count). The average molecular weight is 239 g/mol. The van der Waals surface area contributed by atoms with Crippen molar-refractivity contribution in [1.82, 2.24) is 4.57 Å². The molecule has 0 amide bonds. The molecule has 3 heteroatoms. The maximum Gasteiger partial charge on any atom is 0.255 e. The Morgan fingerprint density at radius 1 is 1.31 bits per heavy atom. The molecular weight excluding hydrogens is 218 g/mol. The van der Waals surface area contributed by atoms with E-state index >= 15 is 0 Å². The van der Waals surface area contributed by atoms with Gasteiger partial charge in [-0.05, 0) is 31.9 Å². The van der Waals surface area contributed by atoms with Gasteiger partial charge in [-0.2, -0.15) is 12.6 Å². The molecule has 0 radical (unpaired) electrons. The molecule has 1 aromatic heterocycles. The highest BCUT2D eigenvalue weighted by atomic mass is 32.1. The predicted molar refractivity (Wildman–Crippen MR) is 72.4 cm³/mol. The molecule has 0 atom stereocenters. The molecule has 90 valence electrons. The highest BCUT2D eigenvalue weighted by molar-refractivity contribution is 7.79. The molecule has 0 aliphatic rings. The van der Waals surface area contributed by atoms with Crippen LogP contribution in [0.25, 0.3) is 0 Å². The Kier molecular flexibility index (Phi) is 5.13. The van der Waals surface area contributed by atoms with E-state index in [2.05, 4.69) is 25.6 Å². The fourth-order valence-corrected chi connectivity index (χ4v) is 2.34. The number of rotatable bonds is 5. The number of hydrogen-bond acceptors (Lipinski definition) is 2. The standard InChI is InChI=1S/C13H21NOS/c1-4-5-6-7-14-11(3)8-10(2)12(9-16)13(14)15/h8,16H,4-7,9H2,1-3H3. The summed E-state index contributed by atoms with van der Waals surface area (Å²) in [7, 11) is 0. The van der Waals surface area contributed by atoms with Gasteiger partial charge in [0.1, 0.15) is 0 Å². The highest BCUT2D eigenvalue weighted by Crippen LogP contribution is 2.09. The van der Waals surface area contributed by atoms with Gasteiger partial charge in [-0.25, -0.2) is 0 Å². The predicted octanol–water partition coefficient (Wildman–Crippen LogP) is 3.09.